The molecule has 2 heterocycles. The van der Waals surface area contributed by atoms with Crippen molar-refractivity contribution in [1.82, 2.24) is 15.1 Å². The minimum Gasteiger partial charge on any atom is -0.379 e. The zero-order valence-electron chi connectivity index (χ0n) is 13.6. The molecule has 0 spiro atoms. The van der Waals surface area contributed by atoms with E-state index in [4.69, 9.17) is 4.74 Å². The van der Waals surface area contributed by atoms with Crippen LogP contribution in [0.15, 0.2) is 0 Å². The Labute approximate surface area is 129 Å². The van der Waals surface area contributed by atoms with Crippen LogP contribution in [0.2, 0.25) is 0 Å². The number of carbonyl (C=O) groups excluding carboxylic acids is 1. The smallest absolute Gasteiger partial charge is 0.236 e. The first-order chi connectivity index (χ1) is 10.1. The lowest BCUT2D eigenvalue weighted by Gasteiger charge is -2.34. The predicted octanol–water partition coefficient (Wildman–Crippen LogP) is 0.803. The summed E-state index contributed by atoms with van der Waals surface area (Å²) in [6, 6.07) is 0. The van der Waals surface area contributed by atoms with Crippen molar-refractivity contribution in [3.05, 3.63) is 0 Å². The van der Waals surface area contributed by atoms with E-state index in [0.717, 1.165) is 71.2 Å². The minimum absolute atomic E-state index is 0.297. The van der Waals surface area contributed by atoms with Crippen molar-refractivity contribution in [3.8, 4) is 0 Å². The van der Waals surface area contributed by atoms with Gasteiger partial charge in [0.2, 0.25) is 5.91 Å². The zero-order chi connectivity index (χ0) is 15.1. The molecule has 122 valence electrons. The van der Waals surface area contributed by atoms with Gasteiger partial charge < -0.3 is 15.0 Å². The van der Waals surface area contributed by atoms with Crippen LogP contribution >= 0.6 is 0 Å². The van der Waals surface area contributed by atoms with Gasteiger partial charge in [-0.15, -0.1) is 0 Å². The number of rotatable bonds is 6. The zero-order valence-corrected chi connectivity index (χ0v) is 13.6. The molecule has 0 aromatic heterocycles. The Morgan fingerprint density at radius 3 is 2.48 bits per heavy atom. The molecule has 2 saturated heterocycles. The van der Waals surface area contributed by atoms with Crippen molar-refractivity contribution in [3.63, 3.8) is 0 Å². The summed E-state index contributed by atoms with van der Waals surface area (Å²) in [7, 11) is 0. The normalized spacial score (nSPS) is 22.0. The fraction of sp³-hybridized carbons (Fsp3) is 0.938. The first kappa shape index (κ1) is 16.7. The maximum Gasteiger partial charge on any atom is 0.236 e. The molecule has 2 fully saturated rings. The van der Waals surface area contributed by atoms with Crippen LogP contribution in [0.1, 0.15) is 26.7 Å². The van der Waals surface area contributed by atoms with Crippen LogP contribution in [-0.2, 0) is 9.53 Å². The molecule has 5 heteroatoms. The third-order valence-electron chi connectivity index (χ3n) is 4.42. The Kier molecular flexibility index (Phi) is 6.93. The van der Waals surface area contributed by atoms with Gasteiger partial charge in [-0.25, -0.2) is 0 Å². The van der Waals surface area contributed by atoms with Crippen molar-refractivity contribution < 1.29 is 9.53 Å². The molecular formula is C16H31N3O2. The number of carbonyl (C=O) groups is 1. The summed E-state index contributed by atoms with van der Waals surface area (Å²) in [6.45, 7) is 12.4. The summed E-state index contributed by atoms with van der Waals surface area (Å²) in [6.07, 6.45) is 2.28. The van der Waals surface area contributed by atoms with Gasteiger partial charge in [-0.3, -0.25) is 9.69 Å². The van der Waals surface area contributed by atoms with Gasteiger partial charge in [-0.05, 0) is 37.8 Å². The summed E-state index contributed by atoms with van der Waals surface area (Å²) >= 11 is 0. The van der Waals surface area contributed by atoms with E-state index in [1.54, 1.807) is 0 Å². The summed E-state index contributed by atoms with van der Waals surface area (Å²) in [5, 5.41) is 3.54. The summed E-state index contributed by atoms with van der Waals surface area (Å²) in [5.74, 6) is 1.74. The topological polar surface area (TPSA) is 44.8 Å². The maximum atomic E-state index is 12.3. The highest BCUT2D eigenvalue weighted by atomic mass is 16.5. The lowest BCUT2D eigenvalue weighted by atomic mass is 9.96. The molecule has 0 saturated carbocycles. The average Bonchev–Trinajstić information content (AvgIpc) is 2.48. The van der Waals surface area contributed by atoms with Crippen LogP contribution < -0.4 is 5.32 Å². The molecule has 0 bridgehead atoms. The number of likely N-dealkylation sites (tertiary alicyclic amines) is 1. The van der Waals surface area contributed by atoms with Gasteiger partial charge in [-0.1, -0.05) is 13.8 Å². The lowest BCUT2D eigenvalue weighted by Crippen LogP contribution is -2.47. The third-order valence-corrected chi connectivity index (χ3v) is 4.42. The number of piperidine rings is 1. The Hall–Kier alpha value is -0.650. The number of hydrogen-bond donors (Lipinski definition) is 1. The third kappa shape index (κ3) is 5.93. The van der Waals surface area contributed by atoms with Crippen molar-refractivity contribution in [2.75, 3.05) is 59.0 Å². The number of nitrogens with one attached hydrogen (secondary N) is 1. The van der Waals surface area contributed by atoms with Gasteiger partial charge >= 0.3 is 0 Å². The van der Waals surface area contributed by atoms with E-state index in [-0.39, 0.29) is 0 Å². The molecule has 0 atom stereocenters. The van der Waals surface area contributed by atoms with Gasteiger partial charge in [-0.2, -0.15) is 0 Å². The fourth-order valence-corrected chi connectivity index (χ4v) is 3.01. The number of nitrogens with zero attached hydrogens (tertiary/aromatic N) is 2. The van der Waals surface area contributed by atoms with Gasteiger partial charge in [0.05, 0.1) is 19.8 Å². The highest BCUT2D eigenvalue weighted by molar-refractivity contribution is 5.78. The second-order valence-electron chi connectivity index (χ2n) is 6.76. The SMILES string of the molecule is CC(C)CNCC1CCN(C(=O)CN2CCOCC2)CC1. The number of amides is 1. The maximum absolute atomic E-state index is 12.3. The van der Waals surface area contributed by atoms with Gasteiger partial charge in [0.15, 0.2) is 0 Å². The molecule has 21 heavy (non-hydrogen) atoms. The van der Waals surface area contributed by atoms with E-state index in [2.05, 4.69) is 29.0 Å². The van der Waals surface area contributed by atoms with Crippen LogP contribution in [0.4, 0.5) is 0 Å². The summed E-state index contributed by atoms with van der Waals surface area (Å²) in [4.78, 5) is 16.6. The first-order valence-electron chi connectivity index (χ1n) is 8.43. The quantitative estimate of drug-likeness (QED) is 0.788. The molecule has 1 N–H and O–H groups in total. The Balaban J connectivity index is 1.62. The monoisotopic (exact) mass is 297 g/mol. The van der Waals surface area contributed by atoms with E-state index in [9.17, 15) is 4.79 Å². The van der Waals surface area contributed by atoms with Crippen LogP contribution in [0.5, 0.6) is 0 Å². The van der Waals surface area contributed by atoms with E-state index in [1.807, 2.05) is 0 Å². The van der Waals surface area contributed by atoms with Crippen LogP contribution in [-0.4, -0.2) is 74.7 Å². The highest BCUT2D eigenvalue weighted by Gasteiger charge is 2.24. The van der Waals surface area contributed by atoms with Gasteiger partial charge in [0.25, 0.3) is 0 Å². The van der Waals surface area contributed by atoms with Crippen molar-refractivity contribution in [1.29, 1.82) is 0 Å². The number of morpholine rings is 1. The Morgan fingerprint density at radius 1 is 1.19 bits per heavy atom. The second kappa shape index (κ2) is 8.71. The largest absolute Gasteiger partial charge is 0.379 e. The molecule has 0 radical (unpaired) electrons. The van der Waals surface area contributed by atoms with E-state index >= 15 is 0 Å². The summed E-state index contributed by atoms with van der Waals surface area (Å²) < 4.78 is 5.32. The van der Waals surface area contributed by atoms with E-state index < -0.39 is 0 Å². The van der Waals surface area contributed by atoms with E-state index in [0.29, 0.717) is 18.4 Å². The summed E-state index contributed by atoms with van der Waals surface area (Å²) in [5.41, 5.74) is 0. The molecule has 5 nitrogen and oxygen atoms in total. The second-order valence-corrected chi connectivity index (χ2v) is 6.76. The van der Waals surface area contributed by atoms with E-state index in [1.165, 1.54) is 0 Å². The fourth-order valence-electron chi connectivity index (χ4n) is 3.01. The number of ether oxygens (including phenoxy) is 1. The van der Waals surface area contributed by atoms with Gasteiger partial charge in [0.1, 0.15) is 0 Å². The highest BCUT2D eigenvalue weighted by Crippen LogP contribution is 2.17. The number of hydrogen-bond acceptors (Lipinski definition) is 4. The molecule has 2 rings (SSSR count). The molecule has 0 aliphatic carbocycles. The average molecular weight is 297 g/mol. The Morgan fingerprint density at radius 2 is 1.86 bits per heavy atom. The lowest BCUT2D eigenvalue weighted by molar-refractivity contribution is -0.134. The molecular weight excluding hydrogens is 266 g/mol. The molecule has 0 unspecified atom stereocenters. The van der Waals surface area contributed by atoms with Crippen LogP contribution in [0.25, 0.3) is 0 Å². The minimum atomic E-state index is 0.297. The molecule has 2 aliphatic rings. The van der Waals surface area contributed by atoms with Crippen molar-refractivity contribution in [2.24, 2.45) is 11.8 Å². The molecule has 2 aliphatic heterocycles. The first-order valence-corrected chi connectivity index (χ1v) is 8.43. The molecule has 0 aromatic rings. The Bertz CT molecular complexity index is 309. The predicted molar refractivity (Wildman–Crippen MR) is 84.3 cm³/mol. The van der Waals surface area contributed by atoms with Crippen molar-refractivity contribution >= 4 is 5.91 Å². The van der Waals surface area contributed by atoms with Crippen LogP contribution in [0.3, 0.4) is 0 Å². The van der Waals surface area contributed by atoms with Crippen LogP contribution in [0, 0.1) is 11.8 Å². The van der Waals surface area contributed by atoms with Crippen molar-refractivity contribution in [2.45, 2.75) is 26.7 Å². The molecule has 1 amide bonds. The van der Waals surface area contributed by atoms with Gasteiger partial charge in [0, 0.05) is 26.2 Å². The molecule has 0 aromatic carbocycles. The standard InChI is InChI=1S/C16H31N3O2/c1-14(2)11-17-12-15-3-5-19(6-4-15)16(20)13-18-7-9-21-10-8-18/h14-15,17H,3-13H2,1-2H3.